The molecule has 1 saturated heterocycles. The average molecular weight is 307 g/mol. The van der Waals surface area contributed by atoms with E-state index in [1.54, 1.807) is 11.9 Å². The normalized spacial score (nSPS) is 22.3. The SMILES string of the molecule is CC1CN(C(=O)/C=C/c2cn(C)c(=O)n(C)c2=O)CC(C)O1. The molecule has 0 bridgehead atoms. The maximum atomic E-state index is 12.2. The predicted molar refractivity (Wildman–Crippen MR) is 82.5 cm³/mol. The Bertz CT molecular complexity index is 706. The van der Waals surface area contributed by atoms with Crippen LogP contribution in [0.5, 0.6) is 0 Å². The summed E-state index contributed by atoms with van der Waals surface area (Å²) in [7, 11) is 2.97. The van der Waals surface area contributed by atoms with Gasteiger partial charge in [-0.2, -0.15) is 0 Å². The van der Waals surface area contributed by atoms with Gasteiger partial charge >= 0.3 is 5.69 Å². The molecule has 0 aliphatic carbocycles. The third kappa shape index (κ3) is 3.36. The van der Waals surface area contributed by atoms with Gasteiger partial charge in [-0.3, -0.25) is 14.2 Å². The van der Waals surface area contributed by atoms with Crippen molar-refractivity contribution in [2.24, 2.45) is 14.1 Å². The van der Waals surface area contributed by atoms with Gasteiger partial charge in [0.2, 0.25) is 5.91 Å². The Labute approximate surface area is 128 Å². The molecule has 1 aliphatic rings. The van der Waals surface area contributed by atoms with Crippen molar-refractivity contribution in [1.82, 2.24) is 14.0 Å². The number of ether oxygens (including phenoxy) is 1. The molecule has 0 N–H and O–H groups in total. The number of amides is 1. The van der Waals surface area contributed by atoms with E-state index in [2.05, 4.69) is 0 Å². The molecule has 1 aromatic rings. The largest absolute Gasteiger partial charge is 0.372 e. The molecule has 0 spiro atoms. The van der Waals surface area contributed by atoms with E-state index in [1.807, 2.05) is 13.8 Å². The van der Waals surface area contributed by atoms with E-state index in [0.717, 1.165) is 4.57 Å². The van der Waals surface area contributed by atoms with E-state index in [9.17, 15) is 14.4 Å². The number of carbonyl (C=O) groups excluding carboxylic acids is 1. The third-order valence-corrected chi connectivity index (χ3v) is 3.61. The van der Waals surface area contributed by atoms with Crippen molar-refractivity contribution in [1.29, 1.82) is 0 Å². The van der Waals surface area contributed by atoms with Gasteiger partial charge in [0.05, 0.1) is 17.8 Å². The maximum Gasteiger partial charge on any atom is 0.330 e. The smallest absolute Gasteiger partial charge is 0.330 e. The molecule has 2 unspecified atom stereocenters. The van der Waals surface area contributed by atoms with Crippen molar-refractivity contribution < 1.29 is 9.53 Å². The topological polar surface area (TPSA) is 73.5 Å². The molecular weight excluding hydrogens is 286 g/mol. The third-order valence-electron chi connectivity index (χ3n) is 3.61. The first kappa shape index (κ1) is 16.2. The Morgan fingerprint density at radius 2 is 1.82 bits per heavy atom. The zero-order valence-corrected chi connectivity index (χ0v) is 13.3. The summed E-state index contributed by atoms with van der Waals surface area (Å²) in [5.74, 6) is -0.169. The summed E-state index contributed by atoms with van der Waals surface area (Å²) in [6.45, 7) is 4.89. The lowest BCUT2D eigenvalue weighted by Crippen LogP contribution is -2.47. The van der Waals surface area contributed by atoms with Gasteiger partial charge in [-0.15, -0.1) is 0 Å². The van der Waals surface area contributed by atoms with Crippen LogP contribution in [0.4, 0.5) is 0 Å². The van der Waals surface area contributed by atoms with Gasteiger partial charge in [0.15, 0.2) is 0 Å². The predicted octanol–water partition coefficient (Wildman–Crippen LogP) is -0.267. The summed E-state index contributed by atoms with van der Waals surface area (Å²) >= 11 is 0. The highest BCUT2D eigenvalue weighted by molar-refractivity contribution is 5.91. The average Bonchev–Trinajstić information content (AvgIpc) is 2.46. The lowest BCUT2D eigenvalue weighted by molar-refractivity contribution is -0.137. The molecule has 1 amide bonds. The second kappa shape index (κ2) is 6.31. The van der Waals surface area contributed by atoms with Crippen molar-refractivity contribution >= 4 is 12.0 Å². The van der Waals surface area contributed by atoms with Crippen LogP contribution < -0.4 is 11.2 Å². The first-order valence-corrected chi connectivity index (χ1v) is 7.18. The minimum absolute atomic E-state index is 0.00786. The summed E-state index contributed by atoms with van der Waals surface area (Å²) in [5, 5.41) is 0. The second-order valence-electron chi connectivity index (χ2n) is 5.68. The van der Waals surface area contributed by atoms with Crippen molar-refractivity contribution in [3.63, 3.8) is 0 Å². The Balaban J connectivity index is 2.20. The molecule has 1 aromatic heterocycles. The molecule has 0 aromatic carbocycles. The molecule has 1 aliphatic heterocycles. The number of rotatable bonds is 2. The van der Waals surface area contributed by atoms with Crippen molar-refractivity contribution in [2.45, 2.75) is 26.1 Å². The van der Waals surface area contributed by atoms with Crippen LogP contribution in [-0.2, 0) is 23.6 Å². The van der Waals surface area contributed by atoms with E-state index in [4.69, 9.17) is 4.74 Å². The quantitative estimate of drug-likeness (QED) is 0.705. The van der Waals surface area contributed by atoms with Gasteiger partial charge in [0.25, 0.3) is 5.56 Å². The summed E-state index contributed by atoms with van der Waals surface area (Å²) in [4.78, 5) is 37.5. The fourth-order valence-corrected chi connectivity index (χ4v) is 2.57. The highest BCUT2D eigenvalue weighted by Gasteiger charge is 2.24. The number of carbonyl (C=O) groups is 1. The van der Waals surface area contributed by atoms with Crippen LogP contribution in [0.1, 0.15) is 19.4 Å². The van der Waals surface area contributed by atoms with Crippen molar-refractivity contribution in [2.75, 3.05) is 13.1 Å². The van der Waals surface area contributed by atoms with Gasteiger partial charge in [-0.05, 0) is 19.9 Å². The van der Waals surface area contributed by atoms with Crippen LogP contribution in [-0.4, -0.2) is 45.2 Å². The summed E-state index contributed by atoms with van der Waals surface area (Å²) < 4.78 is 7.91. The van der Waals surface area contributed by atoms with Crippen LogP contribution in [0.25, 0.3) is 6.08 Å². The molecule has 7 nitrogen and oxygen atoms in total. The first-order chi connectivity index (χ1) is 10.3. The van der Waals surface area contributed by atoms with Crippen LogP contribution in [0.15, 0.2) is 21.9 Å². The fourth-order valence-electron chi connectivity index (χ4n) is 2.57. The number of hydrogen-bond acceptors (Lipinski definition) is 4. The highest BCUT2D eigenvalue weighted by atomic mass is 16.5. The zero-order valence-electron chi connectivity index (χ0n) is 13.3. The van der Waals surface area contributed by atoms with Gasteiger partial charge in [-0.1, -0.05) is 0 Å². The molecule has 7 heteroatoms. The molecular formula is C15H21N3O4. The number of aryl methyl sites for hydroxylation is 1. The summed E-state index contributed by atoms with van der Waals surface area (Å²) in [5.41, 5.74) is -0.521. The number of nitrogens with zero attached hydrogens (tertiary/aromatic N) is 3. The Morgan fingerprint density at radius 1 is 1.23 bits per heavy atom. The lowest BCUT2D eigenvalue weighted by Gasteiger charge is -2.34. The Hall–Kier alpha value is -2.15. The van der Waals surface area contributed by atoms with Crippen molar-refractivity contribution in [3.05, 3.63) is 38.7 Å². The highest BCUT2D eigenvalue weighted by Crippen LogP contribution is 2.11. The van der Waals surface area contributed by atoms with E-state index in [-0.39, 0.29) is 18.1 Å². The van der Waals surface area contributed by atoms with Crippen LogP contribution >= 0.6 is 0 Å². The molecule has 22 heavy (non-hydrogen) atoms. The van der Waals surface area contributed by atoms with E-state index >= 15 is 0 Å². The van der Waals surface area contributed by atoms with Crippen LogP contribution in [0.3, 0.4) is 0 Å². The summed E-state index contributed by atoms with van der Waals surface area (Å²) in [6.07, 6.45) is 4.23. The second-order valence-corrected chi connectivity index (χ2v) is 5.68. The standard InChI is InChI=1S/C15H21N3O4/c1-10-7-18(8-11(2)22-10)13(19)6-5-12-9-16(3)15(21)17(4)14(12)20/h5-6,9-11H,7-8H2,1-4H3/b6-5+. The van der Waals surface area contributed by atoms with Gasteiger partial charge < -0.3 is 14.2 Å². The maximum absolute atomic E-state index is 12.2. The number of aromatic nitrogens is 2. The molecule has 0 saturated carbocycles. The Morgan fingerprint density at radius 3 is 2.41 bits per heavy atom. The van der Waals surface area contributed by atoms with Gasteiger partial charge in [0, 0.05) is 39.5 Å². The van der Waals surface area contributed by atoms with Crippen LogP contribution in [0.2, 0.25) is 0 Å². The van der Waals surface area contributed by atoms with E-state index in [0.29, 0.717) is 18.7 Å². The van der Waals surface area contributed by atoms with E-state index < -0.39 is 11.2 Å². The molecule has 120 valence electrons. The van der Waals surface area contributed by atoms with Crippen molar-refractivity contribution in [3.8, 4) is 0 Å². The zero-order chi connectivity index (χ0) is 16.4. The number of hydrogen-bond donors (Lipinski definition) is 0. The molecule has 2 atom stereocenters. The van der Waals surface area contributed by atoms with E-state index in [1.165, 1.54) is 30.0 Å². The fraction of sp³-hybridized carbons (Fsp3) is 0.533. The lowest BCUT2D eigenvalue weighted by atomic mass is 10.2. The monoisotopic (exact) mass is 307 g/mol. The Kier molecular flexibility index (Phi) is 4.65. The molecule has 0 radical (unpaired) electrons. The molecule has 2 heterocycles. The molecule has 1 fully saturated rings. The minimum atomic E-state index is -0.420. The summed E-state index contributed by atoms with van der Waals surface area (Å²) in [6, 6.07) is 0. The minimum Gasteiger partial charge on any atom is -0.372 e. The van der Waals surface area contributed by atoms with Gasteiger partial charge in [0.1, 0.15) is 0 Å². The first-order valence-electron chi connectivity index (χ1n) is 7.18. The van der Waals surface area contributed by atoms with Crippen LogP contribution in [0, 0.1) is 0 Å². The molecule has 2 rings (SSSR count). The van der Waals surface area contributed by atoms with Gasteiger partial charge in [-0.25, -0.2) is 4.79 Å². The number of morpholine rings is 1.